The van der Waals surface area contributed by atoms with Gasteiger partial charge in [0.25, 0.3) is 0 Å². The predicted molar refractivity (Wildman–Crippen MR) is 56.1 cm³/mol. The van der Waals surface area contributed by atoms with Crippen molar-refractivity contribution < 1.29 is 9.53 Å². The van der Waals surface area contributed by atoms with Crippen LogP contribution in [0.25, 0.3) is 22.3 Å². The number of nitrogens with zero attached hydrogens (tertiary/aromatic N) is 4. The van der Waals surface area contributed by atoms with Crippen LogP contribution in [0.3, 0.4) is 0 Å². The molecule has 0 bridgehead atoms. The summed E-state index contributed by atoms with van der Waals surface area (Å²) in [6, 6.07) is 3.08. The lowest BCUT2D eigenvalue weighted by atomic mass is 10.3. The van der Waals surface area contributed by atoms with Gasteiger partial charge in [0.05, 0.1) is 10.0 Å². The molecular formula is C8H2Cl2N4O2. The SMILES string of the molecule is [O-][n+]1onc2nc3cc(Cl)c(Cl)cc3nc21. The maximum absolute atomic E-state index is 11.1. The number of halogens is 2. The fourth-order valence-electron chi connectivity index (χ4n) is 1.33. The molecule has 0 radical (unpaired) electrons. The predicted octanol–water partition coefficient (Wildman–Crippen LogP) is 1.71. The molecule has 0 saturated carbocycles. The summed E-state index contributed by atoms with van der Waals surface area (Å²) in [7, 11) is 0. The Hall–Kier alpha value is -1.66. The zero-order valence-electron chi connectivity index (χ0n) is 7.52. The second kappa shape index (κ2) is 3.16. The zero-order chi connectivity index (χ0) is 11.3. The summed E-state index contributed by atoms with van der Waals surface area (Å²) < 4.78 is 4.37. The smallest absolute Gasteiger partial charge is 0.362 e. The molecule has 8 heteroatoms. The largest absolute Gasteiger partial charge is 0.391 e. The van der Waals surface area contributed by atoms with Crippen LogP contribution in [0.1, 0.15) is 0 Å². The van der Waals surface area contributed by atoms with Crippen molar-refractivity contribution in [1.29, 1.82) is 0 Å². The number of benzene rings is 1. The van der Waals surface area contributed by atoms with Crippen LogP contribution in [-0.4, -0.2) is 15.1 Å². The van der Waals surface area contributed by atoms with Crippen molar-refractivity contribution in [2.45, 2.75) is 0 Å². The number of aromatic nitrogens is 4. The Bertz CT molecular complexity index is 712. The molecule has 3 rings (SSSR count). The quantitative estimate of drug-likeness (QED) is 0.573. The molecular weight excluding hydrogens is 255 g/mol. The van der Waals surface area contributed by atoms with Crippen LogP contribution < -0.4 is 4.90 Å². The molecule has 0 aliphatic heterocycles. The molecule has 6 nitrogen and oxygen atoms in total. The van der Waals surface area contributed by atoms with Crippen LogP contribution in [-0.2, 0) is 0 Å². The van der Waals surface area contributed by atoms with E-state index in [1.807, 2.05) is 0 Å². The lowest BCUT2D eigenvalue weighted by molar-refractivity contribution is -0.783. The summed E-state index contributed by atoms with van der Waals surface area (Å²) in [6.45, 7) is 0. The van der Waals surface area contributed by atoms with Crippen molar-refractivity contribution in [2.75, 3.05) is 0 Å². The van der Waals surface area contributed by atoms with Crippen molar-refractivity contribution in [3.05, 3.63) is 27.4 Å². The van der Waals surface area contributed by atoms with Crippen LogP contribution in [0.5, 0.6) is 0 Å². The van der Waals surface area contributed by atoms with Crippen molar-refractivity contribution >= 4 is 45.5 Å². The third kappa shape index (κ3) is 1.27. The molecule has 0 spiro atoms. The Morgan fingerprint density at radius 3 is 2.44 bits per heavy atom. The Balaban J connectivity index is 2.48. The summed E-state index contributed by atoms with van der Waals surface area (Å²) in [5.74, 6) is 0. The molecule has 0 amide bonds. The molecule has 2 aromatic heterocycles. The van der Waals surface area contributed by atoms with Crippen LogP contribution in [0, 0.1) is 5.21 Å². The molecule has 1 aromatic carbocycles. The Labute approximate surface area is 97.9 Å². The topological polar surface area (TPSA) is 78.8 Å². The number of hydrogen-bond donors (Lipinski definition) is 0. The molecule has 2 heterocycles. The molecule has 0 aliphatic carbocycles. The summed E-state index contributed by atoms with van der Waals surface area (Å²) in [4.78, 5) is 8.28. The maximum atomic E-state index is 11.1. The fraction of sp³-hybridized carbons (Fsp3) is 0. The molecule has 0 N–H and O–H groups in total. The summed E-state index contributed by atoms with van der Waals surface area (Å²) >= 11 is 11.7. The van der Waals surface area contributed by atoms with E-state index < -0.39 is 0 Å². The van der Waals surface area contributed by atoms with Gasteiger partial charge < -0.3 is 9.84 Å². The average molecular weight is 257 g/mol. The Morgan fingerprint density at radius 1 is 1.12 bits per heavy atom. The molecule has 0 saturated heterocycles. The van der Waals surface area contributed by atoms with Gasteiger partial charge in [-0.25, -0.2) is 4.98 Å². The summed E-state index contributed by atoms with van der Waals surface area (Å²) in [5.41, 5.74) is 1.08. The van der Waals surface area contributed by atoms with Crippen LogP contribution in [0.2, 0.25) is 10.0 Å². The first kappa shape index (κ1) is 9.56. The highest BCUT2D eigenvalue weighted by atomic mass is 35.5. The Morgan fingerprint density at radius 2 is 1.75 bits per heavy atom. The van der Waals surface area contributed by atoms with Gasteiger partial charge in [-0.3, -0.25) is 0 Å². The minimum absolute atomic E-state index is 0.00545. The molecule has 0 unspecified atom stereocenters. The van der Waals surface area contributed by atoms with E-state index in [1.54, 1.807) is 6.07 Å². The van der Waals surface area contributed by atoms with E-state index in [4.69, 9.17) is 23.2 Å². The van der Waals surface area contributed by atoms with Crippen molar-refractivity contribution in [1.82, 2.24) is 15.1 Å². The van der Waals surface area contributed by atoms with Gasteiger partial charge in [-0.15, -0.1) is 0 Å². The third-order valence-corrected chi connectivity index (χ3v) is 2.77. The highest BCUT2D eigenvalue weighted by molar-refractivity contribution is 6.42. The van der Waals surface area contributed by atoms with Gasteiger partial charge in [0.1, 0.15) is 5.52 Å². The number of rotatable bonds is 0. The first-order chi connectivity index (χ1) is 7.65. The van der Waals surface area contributed by atoms with Crippen LogP contribution >= 0.6 is 23.2 Å². The van der Waals surface area contributed by atoms with E-state index in [0.29, 0.717) is 21.1 Å². The minimum atomic E-state index is 0.00545. The van der Waals surface area contributed by atoms with Gasteiger partial charge in [-0.2, -0.15) is 0 Å². The standard InChI is InChI=1S/C8H2Cl2N4O2/c9-3-1-5-6(2-4(3)10)12-8-7(11-5)13-16-14(8)15/h1-2H. The molecule has 0 atom stereocenters. The van der Waals surface area contributed by atoms with E-state index in [0.717, 1.165) is 0 Å². The lowest BCUT2D eigenvalue weighted by Crippen LogP contribution is -2.23. The average Bonchev–Trinajstić information content (AvgIpc) is 2.59. The minimum Gasteiger partial charge on any atom is -0.391 e. The fourth-order valence-corrected chi connectivity index (χ4v) is 1.65. The van der Waals surface area contributed by atoms with Crippen molar-refractivity contribution in [2.24, 2.45) is 0 Å². The van der Waals surface area contributed by atoms with E-state index >= 15 is 0 Å². The number of hydrogen-bond acceptors (Lipinski definition) is 5. The first-order valence-electron chi connectivity index (χ1n) is 4.17. The van der Waals surface area contributed by atoms with Gasteiger partial charge in [0, 0.05) is 6.07 Å². The van der Waals surface area contributed by atoms with E-state index in [1.165, 1.54) is 6.07 Å². The maximum Gasteiger partial charge on any atom is 0.362 e. The molecule has 0 aliphatic rings. The van der Waals surface area contributed by atoms with Gasteiger partial charge in [-0.05, 0) is 11.2 Å². The molecule has 0 fully saturated rings. The van der Waals surface area contributed by atoms with Crippen molar-refractivity contribution in [3.63, 3.8) is 0 Å². The monoisotopic (exact) mass is 256 g/mol. The summed E-state index contributed by atoms with van der Waals surface area (Å²) in [5, 5.41) is 15.3. The second-order valence-electron chi connectivity index (χ2n) is 3.06. The number of fused-ring (bicyclic) bond motifs is 2. The normalized spacial score (nSPS) is 11.4. The van der Waals surface area contributed by atoms with Gasteiger partial charge in [-0.1, -0.05) is 33.1 Å². The Kier molecular flexibility index (Phi) is 1.89. The molecule has 16 heavy (non-hydrogen) atoms. The lowest BCUT2D eigenvalue weighted by Gasteiger charge is -1.95. The van der Waals surface area contributed by atoms with Crippen molar-refractivity contribution in [3.8, 4) is 0 Å². The van der Waals surface area contributed by atoms with Crippen LogP contribution in [0.15, 0.2) is 16.8 Å². The third-order valence-electron chi connectivity index (χ3n) is 2.04. The van der Waals surface area contributed by atoms with Gasteiger partial charge in [0.15, 0.2) is 5.52 Å². The summed E-state index contributed by atoms with van der Waals surface area (Å²) in [6.07, 6.45) is 0. The van der Waals surface area contributed by atoms with E-state index in [2.05, 4.69) is 19.8 Å². The molecule has 80 valence electrons. The van der Waals surface area contributed by atoms with E-state index in [9.17, 15) is 5.21 Å². The second-order valence-corrected chi connectivity index (χ2v) is 3.87. The highest BCUT2D eigenvalue weighted by Crippen LogP contribution is 2.26. The first-order valence-corrected chi connectivity index (χ1v) is 4.93. The van der Waals surface area contributed by atoms with E-state index in [-0.39, 0.29) is 16.2 Å². The van der Waals surface area contributed by atoms with Crippen LogP contribution in [0.4, 0.5) is 0 Å². The molecule has 3 aromatic rings. The highest BCUT2D eigenvalue weighted by Gasteiger charge is 2.15. The van der Waals surface area contributed by atoms with Gasteiger partial charge in [0.2, 0.25) is 0 Å². The zero-order valence-corrected chi connectivity index (χ0v) is 9.03. The van der Waals surface area contributed by atoms with Gasteiger partial charge >= 0.3 is 11.3 Å².